The Kier molecular flexibility index (Phi) is 5.24. The minimum atomic E-state index is -0.230. The molecule has 0 aliphatic carbocycles. The van der Waals surface area contributed by atoms with Crippen molar-refractivity contribution in [1.82, 2.24) is 0 Å². The Labute approximate surface area is 141 Å². The van der Waals surface area contributed by atoms with Gasteiger partial charge in [0.25, 0.3) is 0 Å². The van der Waals surface area contributed by atoms with Gasteiger partial charge < -0.3 is 10.5 Å². The number of para-hydroxylation sites is 1. The van der Waals surface area contributed by atoms with Crippen LogP contribution in [0.5, 0.6) is 11.5 Å². The van der Waals surface area contributed by atoms with Crippen molar-refractivity contribution in [2.24, 2.45) is 5.73 Å². The molecule has 2 N–H and O–H groups in total. The van der Waals surface area contributed by atoms with E-state index < -0.39 is 0 Å². The van der Waals surface area contributed by atoms with Gasteiger partial charge >= 0.3 is 0 Å². The van der Waals surface area contributed by atoms with Gasteiger partial charge in [-0.3, -0.25) is 0 Å². The summed E-state index contributed by atoms with van der Waals surface area (Å²) >= 11 is 0. The number of ether oxygens (including phenoxy) is 1. The van der Waals surface area contributed by atoms with Crippen LogP contribution in [0.25, 0.3) is 0 Å². The standard InChI is InChI=1S/C21H20FNO/c22-19-8-5-7-17(14-19)18(15-23)12-16-6-4-11-21(13-16)24-20-9-2-1-3-10-20/h1-11,13-14,18H,12,15,23H2. The van der Waals surface area contributed by atoms with Crippen molar-refractivity contribution in [3.05, 3.63) is 95.8 Å². The summed E-state index contributed by atoms with van der Waals surface area (Å²) in [6, 6.07) is 24.3. The first-order valence-corrected chi connectivity index (χ1v) is 8.02. The molecule has 0 spiro atoms. The van der Waals surface area contributed by atoms with Crippen molar-refractivity contribution in [2.45, 2.75) is 12.3 Å². The van der Waals surface area contributed by atoms with Crippen LogP contribution in [-0.4, -0.2) is 6.54 Å². The lowest BCUT2D eigenvalue weighted by Gasteiger charge is -2.16. The van der Waals surface area contributed by atoms with Gasteiger partial charge in [-0.2, -0.15) is 0 Å². The van der Waals surface area contributed by atoms with E-state index in [0.717, 1.165) is 29.0 Å². The maximum absolute atomic E-state index is 13.4. The third-order valence-corrected chi connectivity index (χ3v) is 3.96. The zero-order chi connectivity index (χ0) is 16.8. The summed E-state index contributed by atoms with van der Waals surface area (Å²) in [4.78, 5) is 0. The molecule has 0 saturated heterocycles. The highest BCUT2D eigenvalue weighted by Gasteiger charge is 2.12. The first kappa shape index (κ1) is 16.2. The fraction of sp³-hybridized carbons (Fsp3) is 0.143. The van der Waals surface area contributed by atoms with Gasteiger partial charge in [0.1, 0.15) is 17.3 Å². The fourth-order valence-electron chi connectivity index (χ4n) is 2.74. The van der Waals surface area contributed by atoms with Crippen molar-refractivity contribution < 1.29 is 9.13 Å². The maximum atomic E-state index is 13.4. The molecule has 3 aromatic rings. The Hall–Kier alpha value is -2.65. The molecule has 24 heavy (non-hydrogen) atoms. The third-order valence-electron chi connectivity index (χ3n) is 3.96. The van der Waals surface area contributed by atoms with Gasteiger partial charge in [-0.05, 0) is 60.5 Å². The Balaban J connectivity index is 1.76. The lowest BCUT2D eigenvalue weighted by atomic mass is 9.92. The molecular weight excluding hydrogens is 301 g/mol. The Morgan fingerprint density at radius 1 is 0.833 bits per heavy atom. The molecule has 2 nitrogen and oxygen atoms in total. The van der Waals surface area contributed by atoms with Crippen LogP contribution in [0.2, 0.25) is 0 Å². The molecule has 0 radical (unpaired) electrons. The zero-order valence-corrected chi connectivity index (χ0v) is 13.4. The summed E-state index contributed by atoms with van der Waals surface area (Å²) in [6.07, 6.45) is 0.742. The summed E-state index contributed by atoms with van der Waals surface area (Å²) in [5.74, 6) is 1.43. The highest BCUT2D eigenvalue weighted by atomic mass is 19.1. The molecule has 0 aliphatic heterocycles. The molecular formula is C21H20FNO. The van der Waals surface area contributed by atoms with Gasteiger partial charge in [0, 0.05) is 5.92 Å². The number of hydrogen-bond donors (Lipinski definition) is 1. The van der Waals surface area contributed by atoms with Crippen molar-refractivity contribution in [3.63, 3.8) is 0 Å². The number of nitrogens with two attached hydrogens (primary N) is 1. The first-order valence-electron chi connectivity index (χ1n) is 8.02. The van der Waals surface area contributed by atoms with Crippen LogP contribution in [0.4, 0.5) is 4.39 Å². The van der Waals surface area contributed by atoms with E-state index in [9.17, 15) is 4.39 Å². The molecule has 0 bridgehead atoms. The average Bonchev–Trinajstić information content (AvgIpc) is 2.61. The van der Waals surface area contributed by atoms with Gasteiger partial charge in [-0.1, -0.05) is 42.5 Å². The van der Waals surface area contributed by atoms with Crippen LogP contribution < -0.4 is 10.5 Å². The molecule has 0 aromatic heterocycles. The van der Waals surface area contributed by atoms with Crippen LogP contribution in [-0.2, 0) is 6.42 Å². The Bertz CT molecular complexity index is 789. The van der Waals surface area contributed by atoms with Crippen molar-refractivity contribution in [3.8, 4) is 11.5 Å². The highest BCUT2D eigenvalue weighted by molar-refractivity contribution is 5.35. The first-order chi connectivity index (χ1) is 11.7. The van der Waals surface area contributed by atoms with E-state index in [-0.39, 0.29) is 11.7 Å². The topological polar surface area (TPSA) is 35.2 Å². The molecule has 0 fully saturated rings. The summed E-state index contributed by atoms with van der Waals surface area (Å²) in [5, 5.41) is 0. The molecule has 1 unspecified atom stereocenters. The molecule has 0 heterocycles. The second kappa shape index (κ2) is 7.75. The second-order valence-corrected chi connectivity index (χ2v) is 5.75. The van der Waals surface area contributed by atoms with Crippen LogP contribution in [0.3, 0.4) is 0 Å². The SMILES string of the molecule is NCC(Cc1cccc(Oc2ccccc2)c1)c1cccc(F)c1. The molecule has 3 aromatic carbocycles. The zero-order valence-electron chi connectivity index (χ0n) is 13.4. The van der Waals surface area contributed by atoms with E-state index in [1.807, 2.05) is 60.7 Å². The van der Waals surface area contributed by atoms with Crippen LogP contribution >= 0.6 is 0 Å². The largest absolute Gasteiger partial charge is 0.457 e. The third kappa shape index (κ3) is 4.21. The average molecular weight is 321 g/mol. The molecule has 0 amide bonds. The summed E-state index contributed by atoms with van der Waals surface area (Å²) in [7, 11) is 0. The summed E-state index contributed by atoms with van der Waals surface area (Å²) < 4.78 is 19.3. The molecule has 0 saturated carbocycles. The van der Waals surface area contributed by atoms with E-state index in [1.54, 1.807) is 12.1 Å². The highest BCUT2D eigenvalue weighted by Crippen LogP contribution is 2.25. The second-order valence-electron chi connectivity index (χ2n) is 5.75. The van der Waals surface area contributed by atoms with E-state index in [4.69, 9.17) is 10.5 Å². The van der Waals surface area contributed by atoms with Crippen molar-refractivity contribution in [2.75, 3.05) is 6.54 Å². The summed E-state index contributed by atoms with van der Waals surface area (Å²) in [5.41, 5.74) is 7.95. The Morgan fingerprint density at radius 2 is 1.58 bits per heavy atom. The smallest absolute Gasteiger partial charge is 0.127 e. The molecule has 0 aliphatic rings. The van der Waals surface area contributed by atoms with Crippen LogP contribution in [0.1, 0.15) is 17.0 Å². The molecule has 122 valence electrons. The molecule has 1 atom stereocenters. The van der Waals surface area contributed by atoms with Crippen LogP contribution in [0.15, 0.2) is 78.9 Å². The molecule has 3 rings (SSSR count). The van der Waals surface area contributed by atoms with Crippen molar-refractivity contribution >= 4 is 0 Å². The lowest BCUT2D eigenvalue weighted by molar-refractivity contribution is 0.481. The predicted octanol–water partition coefficient (Wildman–Crippen LogP) is 4.90. The quantitative estimate of drug-likeness (QED) is 0.700. The van der Waals surface area contributed by atoms with Crippen LogP contribution in [0, 0.1) is 5.82 Å². The predicted molar refractivity (Wildman–Crippen MR) is 94.9 cm³/mol. The maximum Gasteiger partial charge on any atom is 0.127 e. The van der Waals surface area contributed by atoms with Crippen molar-refractivity contribution in [1.29, 1.82) is 0 Å². The van der Waals surface area contributed by atoms with Gasteiger partial charge in [-0.25, -0.2) is 4.39 Å². The fourth-order valence-corrected chi connectivity index (χ4v) is 2.74. The number of hydrogen-bond acceptors (Lipinski definition) is 2. The minimum Gasteiger partial charge on any atom is -0.457 e. The number of halogens is 1. The molecule has 3 heteroatoms. The van der Waals surface area contributed by atoms with Gasteiger partial charge in [0.05, 0.1) is 0 Å². The number of benzene rings is 3. The van der Waals surface area contributed by atoms with E-state index in [0.29, 0.717) is 6.54 Å². The summed E-state index contributed by atoms with van der Waals surface area (Å²) in [6.45, 7) is 0.465. The lowest BCUT2D eigenvalue weighted by Crippen LogP contribution is -2.15. The van der Waals surface area contributed by atoms with E-state index in [1.165, 1.54) is 6.07 Å². The normalized spacial score (nSPS) is 11.9. The monoisotopic (exact) mass is 321 g/mol. The Morgan fingerprint density at radius 3 is 2.33 bits per heavy atom. The minimum absolute atomic E-state index is 0.0766. The number of rotatable bonds is 6. The van der Waals surface area contributed by atoms with Gasteiger partial charge in [0.2, 0.25) is 0 Å². The van der Waals surface area contributed by atoms with E-state index in [2.05, 4.69) is 0 Å². The van der Waals surface area contributed by atoms with Gasteiger partial charge in [0.15, 0.2) is 0 Å². The van der Waals surface area contributed by atoms with E-state index >= 15 is 0 Å². The van der Waals surface area contributed by atoms with Gasteiger partial charge in [-0.15, -0.1) is 0 Å².